The Morgan fingerprint density at radius 2 is 0.306 bits per heavy atom. The van der Waals surface area contributed by atoms with Crippen LogP contribution in [0.1, 0.15) is 0 Å². The van der Waals surface area contributed by atoms with E-state index in [0.29, 0.717) is 0 Å². The molecule has 36 heavy (non-hydrogen) atoms. The van der Waals surface area contributed by atoms with Crippen molar-refractivity contribution in [1.29, 1.82) is 0 Å². The van der Waals surface area contributed by atoms with Gasteiger partial charge in [-0.2, -0.15) is 50.5 Å². The third kappa shape index (κ3) is 3.00. The number of hydrogen-bond donors (Lipinski definition) is 12. The summed E-state index contributed by atoms with van der Waals surface area (Å²) < 4.78 is 198. The fourth-order valence-electron chi connectivity index (χ4n) is 3.48. The Morgan fingerprint density at radius 1 is 0.250 bits per heavy atom. The maximum Gasteiger partial charge on any atom is 0.303 e. The van der Waals surface area contributed by atoms with Crippen LogP contribution in [0.2, 0.25) is 0 Å². The van der Waals surface area contributed by atoms with Gasteiger partial charge in [0, 0.05) is 0 Å². The van der Waals surface area contributed by atoms with Crippen LogP contribution in [0.4, 0.5) is 0 Å². The summed E-state index contributed by atoms with van der Waals surface area (Å²) in [5.41, 5.74) is 0. The molecule has 30 heteroatoms. The molecule has 1 aliphatic carbocycles. The van der Waals surface area contributed by atoms with Crippen molar-refractivity contribution in [3.63, 3.8) is 0 Å². The molecule has 0 aromatic heterocycles. The Bertz CT molecular complexity index is 1300. The van der Waals surface area contributed by atoms with Gasteiger partial charge in [0.2, 0.25) is 0 Å². The molecule has 0 aromatic carbocycles. The van der Waals surface area contributed by atoms with E-state index in [1.54, 1.807) is 0 Å². The molecule has 1 aliphatic rings. The molecular weight excluding hydrogens is 648 g/mol. The van der Waals surface area contributed by atoms with Crippen molar-refractivity contribution in [2.24, 2.45) is 0 Å². The van der Waals surface area contributed by atoms with Gasteiger partial charge in [0.1, 0.15) is 0 Å². The van der Waals surface area contributed by atoms with Crippen LogP contribution in [0.5, 0.6) is 0 Å². The zero-order valence-corrected chi connectivity index (χ0v) is 20.6. The average molecular weight is 661 g/mol. The van der Waals surface area contributed by atoms with E-state index in [9.17, 15) is 108 Å². The molecule has 1 fully saturated rings. The molecule has 0 bridgehead atoms. The van der Waals surface area contributed by atoms with Gasteiger partial charge in [-0.25, -0.2) is 0 Å². The van der Waals surface area contributed by atoms with E-state index in [2.05, 4.69) is 0 Å². The van der Waals surface area contributed by atoms with Gasteiger partial charge in [-0.15, -0.1) is 0 Å². The lowest BCUT2D eigenvalue weighted by Gasteiger charge is -2.63. The molecule has 0 aromatic rings. The molecule has 0 heterocycles. The van der Waals surface area contributed by atoms with E-state index < -0.39 is 90.3 Å². The summed E-state index contributed by atoms with van der Waals surface area (Å²) in [5.74, 6) is 0. The Labute approximate surface area is 198 Å². The fraction of sp³-hybridized carbons (Fsp3) is 1.00. The molecule has 216 valence electrons. The van der Waals surface area contributed by atoms with Crippen LogP contribution >= 0.6 is 0 Å². The fourth-order valence-corrected chi connectivity index (χ4v) is 13.6. The number of aliphatic hydroxyl groups is 6. The lowest BCUT2D eigenvalue weighted by Crippen LogP contribution is -3.01. The molecule has 0 saturated heterocycles. The van der Waals surface area contributed by atoms with Crippen LogP contribution in [0.3, 0.4) is 0 Å². The number of rotatable bonds is 6. The minimum Gasteiger partial charge on any atom is -0.366 e. The Balaban J connectivity index is 5.49. The Hall–Kier alpha value is -0.780. The molecule has 0 radical (unpaired) electrons. The Kier molecular flexibility index (Phi) is 6.88. The highest BCUT2D eigenvalue weighted by Gasteiger charge is 3.07. The molecular formula is C6H12O24S6. The maximum absolute atomic E-state index is 11.9. The summed E-state index contributed by atoms with van der Waals surface area (Å²) in [7, 11) is -48.3. The molecule has 1 rings (SSSR count). The van der Waals surface area contributed by atoms with Gasteiger partial charge in [0.25, 0.3) is 29.6 Å². The summed E-state index contributed by atoms with van der Waals surface area (Å²) >= 11 is 0. The minimum absolute atomic E-state index is 7.15. The standard InChI is InChI=1S/C6H12O24S6/c7-1(31(13,14)15)2(8,32(16,17)18)4(10,34(22,23)24)6(12,36(28,29)30)5(11,35(25,26)27)3(1,9)33(19,20)21/h7-12H,(H,13,14,15)(H,16,17,18)(H,19,20,21)(H,22,23,24)(H,25,26,27)(H,28,29,30). The van der Waals surface area contributed by atoms with Crippen LogP contribution in [-0.2, 0) is 60.7 Å². The molecule has 0 aliphatic heterocycles. The molecule has 0 amide bonds. The van der Waals surface area contributed by atoms with Gasteiger partial charge in [-0.05, 0) is 0 Å². The van der Waals surface area contributed by atoms with E-state index in [0.717, 1.165) is 0 Å². The van der Waals surface area contributed by atoms with Crippen molar-refractivity contribution in [2.75, 3.05) is 0 Å². The first-order valence-corrected chi connectivity index (χ1v) is 15.8. The lowest BCUT2D eigenvalue weighted by molar-refractivity contribution is -0.315. The lowest BCUT2D eigenvalue weighted by atomic mass is 9.81. The van der Waals surface area contributed by atoms with Crippen molar-refractivity contribution in [3.8, 4) is 0 Å². The quantitative estimate of drug-likeness (QED) is 0.118. The molecule has 0 unspecified atom stereocenters. The topological polar surface area (TPSA) is 448 Å². The smallest absolute Gasteiger partial charge is 0.303 e. The van der Waals surface area contributed by atoms with Crippen LogP contribution in [-0.4, -0.2) is 138 Å². The number of hydrogen-bond acceptors (Lipinski definition) is 18. The van der Waals surface area contributed by atoms with Crippen molar-refractivity contribution in [1.82, 2.24) is 0 Å². The second kappa shape index (κ2) is 7.45. The van der Waals surface area contributed by atoms with Gasteiger partial charge < -0.3 is 30.6 Å². The SMILES string of the molecule is O=S(=O)(O)C1(O)C(O)(S(=O)(=O)O)C(O)(S(=O)(=O)O)C(O)(S(=O)(=O)O)C(O)(S(=O)(=O)O)C1(O)S(=O)(=O)O. The van der Waals surface area contributed by atoms with E-state index in [1.807, 2.05) is 0 Å². The first-order chi connectivity index (χ1) is 15.0. The van der Waals surface area contributed by atoms with Crippen molar-refractivity contribution >= 4 is 60.7 Å². The van der Waals surface area contributed by atoms with E-state index in [-0.39, 0.29) is 0 Å². The van der Waals surface area contributed by atoms with Crippen molar-refractivity contribution < 1.29 is 108 Å². The normalized spacial score (nSPS) is 41.7. The Morgan fingerprint density at radius 3 is 0.333 bits per heavy atom. The highest BCUT2D eigenvalue weighted by atomic mass is 32.3. The molecule has 0 spiro atoms. The first-order valence-electron chi connectivity index (χ1n) is 7.16. The van der Waals surface area contributed by atoms with Crippen LogP contribution in [0, 0.1) is 0 Å². The maximum atomic E-state index is 11.9. The van der Waals surface area contributed by atoms with Crippen LogP contribution in [0.15, 0.2) is 0 Å². The zero-order valence-electron chi connectivity index (χ0n) is 15.7. The second-order valence-corrected chi connectivity index (χ2v) is 16.0. The van der Waals surface area contributed by atoms with Gasteiger partial charge >= 0.3 is 60.7 Å². The summed E-state index contributed by atoms with van der Waals surface area (Å²) in [6.07, 6.45) is 0. The van der Waals surface area contributed by atoms with E-state index in [1.165, 1.54) is 0 Å². The van der Waals surface area contributed by atoms with E-state index >= 15 is 0 Å². The van der Waals surface area contributed by atoms with E-state index in [4.69, 9.17) is 0 Å². The molecule has 12 N–H and O–H groups in total. The highest BCUT2D eigenvalue weighted by Crippen LogP contribution is 2.66. The highest BCUT2D eigenvalue weighted by molar-refractivity contribution is 7.98. The molecule has 24 nitrogen and oxygen atoms in total. The minimum atomic E-state index is -8.05. The largest absolute Gasteiger partial charge is 0.366 e. The third-order valence-corrected chi connectivity index (χ3v) is 13.8. The summed E-state index contributed by atoms with van der Waals surface area (Å²) in [6, 6.07) is 0. The van der Waals surface area contributed by atoms with Gasteiger partial charge in [-0.1, -0.05) is 0 Å². The van der Waals surface area contributed by atoms with Crippen LogP contribution in [0.25, 0.3) is 0 Å². The van der Waals surface area contributed by atoms with Crippen molar-refractivity contribution in [2.45, 2.75) is 29.6 Å². The second-order valence-electron chi connectivity index (χ2n) is 6.71. The van der Waals surface area contributed by atoms with Gasteiger partial charge in [0.05, 0.1) is 0 Å². The summed E-state index contributed by atoms with van der Waals surface area (Å²) in [6.45, 7) is 0. The zero-order chi connectivity index (χ0) is 30.0. The summed E-state index contributed by atoms with van der Waals surface area (Å²) in [4.78, 5) is -42.9. The third-order valence-electron chi connectivity index (χ3n) is 5.00. The van der Waals surface area contributed by atoms with Crippen molar-refractivity contribution in [3.05, 3.63) is 0 Å². The average Bonchev–Trinajstić information content (AvgIpc) is 2.56. The first kappa shape index (κ1) is 33.2. The summed E-state index contributed by atoms with van der Waals surface area (Å²) in [5, 5.41) is 62.0. The van der Waals surface area contributed by atoms with Crippen LogP contribution < -0.4 is 0 Å². The monoisotopic (exact) mass is 660 g/mol. The predicted molar refractivity (Wildman–Crippen MR) is 99.0 cm³/mol. The molecule has 0 atom stereocenters. The van der Waals surface area contributed by atoms with Gasteiger partial charge in [0.15, 0.2) is 0 Å². The van der Waals surface area contributed by atoms with Gasteiger partial charge in [-0.3, -0.25) is 27.3 Å². The predicted octanol–water partition coefficient (Wildman–Crippen LogP) is -8.54. The molecule has 1 saturated carbocycles.